The summed E-state index contributed by atoms with van der Waals surface area (Å²) < 4.78 is 1.29. The van der Waals surface area contributed by atoms with Crippen LogP contribution in [0.25, 0.3) is 0 Å². The SMILES string of the molecule is CCCCN(C(=O)CNc1ccccc1SC)c1c(N)n(Cc2ccccc2)c(=O)[nH]c1=O. The topological polar surface area (TPSA) is 113 Å². The minimum absolute atomic E-state index is 0.00364. The molecule has 1 aromatic heterocycles. The van der Waals surface area contributed by atoms with Gasteiger partial charge in [0, 0.05) is 17.1 Å². The van der Waals surface area contributed by atoms with E-state index in [0.29, 0.717) is 13.0 Å². The van der Waals surface area contributed by atoms with Crippen LogP contribution in [0.2, 0.25) is 0 Å². The number of rotatable bonds is 10. The molecule has 1 amide bonds. The first-order valence-electron chi connectivity index (χ1n) is 10.8. The summed E-state index contributed by atoms with van der Waals surface area (Å²) in [6.07, 6.45) is 3.48. The van der Waals surface area contributed by atoms with Gasteiger partial charge in [-0.05, 0) is 30.4 Å². The standard InChI is InChI=1S/C24H29N5O3S/c1-3-4-14-28(20(30)15-26-18-12-8-9-13-19(18)33-2)21-22(25)29(24(32)27-23(21)31)16-17-10-6-5-7-11-17/h5-13,26H,3-4,14-16,25H2,1-2H3,(H,27,31,32). The van der Waals surface area contributed by atoms with Crippen molar-refractivity contribution < 1.29 is 4.79 Å². The molecule has 0 radical (unpaired) electrons. The minimum Gasteiger partial charge on any atom is -0.383 e. The highest BCUT2D eigenvalue weighted by molar-refractivity contribution is 7.98. The van der Waals surface area contributed by atoms with Crippen LogP contribution in [0.3, 0.4) is 0 Å². The van der Waals surface area contributed by atoms with Crippen LogP contribution >= 0.6 is 11.8 Å². The lowest BCUT2D eigenvalue weighted by molar-refractivity contribution is -0.117. The number of nitrogens with one attached hydrogen (secondary N) is 2. The van der Waals surface area contributed by atoms with Gasteiger partial charge in [0.15, 0.2) is 5.69 Å². The van der Waals surface area contributed by atoms with Gasteiger partial charge in [0.05, 0.1) is 13.1 Å². The molecule has 0 aliphatic heterocycles. The first-order valence-corrected chi connectivity index (χ1v) is 12.0. The summed E-state index contributed by atoms with van der Waals surface area (Å²) in [4.78, 5) is 43.3. The number of carbonyl (C=O) groups is 1. The molecule has 8 nitrogen and oxygen atoms in total. The number of benzene rings is 2. The van der Waals surface area contributed by atoms with Crippen molar-refractivity contribution in [2.24, 2.45) is 0 Å². The molecule has 0 spiro atoms. The number of unbranched alkanes of at least 4 members (excludes halogenated alkanes) is 1. The van der Waals surface area contributed by atoms with Gasteiger partial charge in [0.25, 0.3) is 5.56 Å². The van der Waals surface area contributed by atoms with Gasteiger partial charge in [-0.3, -0.25) is 19.1 Å². The Morgan fingerprint density at radius 1 is 1.12 bits per heavy atom. The van der Waals surface area contributed by atoms with Crippen molar-refractivity contribution in [2.75, 3.05) is 35.3 Å². The highest BCUT2D eigenvalue weighted by Crippen LogP contribution is 2.25. The predicted molar refractivity (Wildman–Crippen MR) is 135 cm³/mol. The second-order valence-corrected chi connectivity index (χ2v) is 8.37. The molecule has 0 aliphatic rings. The number of aromatic nitrogens is 2. The molecule has 0 aliphatic carbocycles. The van der Waals surface area contributed by atoms with E-state index >= 15 is 0 Å². The molecule has 9 heteroatoms. The van der Waals surface area contributed by atoms with Crippen molar-refractivity contribution in [3.63, 3.8) is 0 Å². The van der Waals surface area contributed by atoms with Crippen LogP contribution in [0, 0.1) is 0 Å². The first kappa shape index (κ1) is 24.2. The lowest BCUT2D eigenvalue weighted by Crippen LogP contribution is -2.43. The Morgan fingerprint density at radius 3 is 2.52 bits per heavy atom. The molecular weight excluding hydrogens is 438 g/mol. The second kappa shape index (κ2) is 11.4. The number of amides is 1. The average Bonchev–Trinajstić information content (AvgIpc) is 2.83. The normalized spacial score (nSPS) is 10.7. The number of nitrogen functional groups attached to an aromatic ring is 1. The highest BCUT2D eigenvalue weighted by Gasteiger charge is 2.24. The summed E-state index contributed by atoms with van der Waals surface area (Å²) in [6.45, 7) is 2.49. The van der Waals surface area contributed by atoms with Crippen molar-refractivity contribution in [3.8, 4) is 0 Å². The molecule has 0 saturated heterocycles. The van der Waals surface area contributed by atoms with Crippen molar-refractivity contribution in [1.29, 1.82) is 0 Å². The van der Waals surface area contributed by atoms with Crippen molar-refractivity contribution in [2.45, 2.75) is 31.2 Å². The number of nitrogens with zero attached hydrogens (tertiary/aromatic N) is 2. The third kappa shape index (κ3) is 5.87. The summed E-state index contributed by atoms with van der Waals surface area (Å²) in [5, 5.41) is 3.16. The zero-order chi connectivity index (χ0) is 23.8. The minimum atomic E-state index is -0.671. The average molecular weight is 468 g/mol. The van der Waals surface area contributed by atoms with Crippen LogP contribution in [0.15, 0.2) is 69.1 Å². The van der Waals surface area contributed by atoms with Crippen LogP contribution < -0.4 is 27.2 Å². The maximum atomic E-state index is 13.2. The van der Waals surface area contributed by atoms with Crippen molar-refractivity contribution in [3.05, 3.63) is 81.0 Å². The number of H-pyrrole nitrogens is 1. The Labute approximate surface area is 196 Å². The number of hydrogen-bond acceptors (Lipinski definition) is 6. The van der Waals surface area contributed by atoms with E-state index in [1.54, 1.807) is 11.8 Å². The molecule has 1 heterocycles. The van der Waals surface area contributed by atoms with Crippen LogP contribution in [0.4, 0.5) is 17.2 Å². The Hall–Kier alpha value is -3.46. The van der Waals surface area contributed by atoms with Gasteiger partial charge in [-0.1, -0.05) is 55.8 Å². The summed E-state index contributed by atoms with van der Waals surface area (Å²) in [5.41, 5.74) is 6.73. The summed E-state index contributed by atoms with van der Waals surface area (Å²) >= 11 is 1.57. The summed E-state index contributed by atoms with van der Waals surface area (Å²) in [7, 11) is 0. The first-order chi connectivity index (χ1) is 16.0. The van der Waals surface area contributed by atoms with E-state index in [-0.39, 0.29) is 30.5 Å². The fraction of sp³-hybridized carbons (Fsp3) is 0.292. The Balaban J connectivity index is 1.94. The fourth-order valence-electron chi connectivity index (χ4n) is 3.50. The van der Waals surface area contributed by atoms with Crippen LogP contribution in [-0.4, -0.2) is 34.8 Å². The van der Waals surface area contributed by atoms with Gasteiger partial charge in [0.2, 0.25) is 5.91 Å². The molecule has 0 saturated carbocycles. The van der Waals surface area contributed by atoms with Crippen LogP contribution in [0.1, 0.15) is 25.3 Å². The molecule has 3 rings (SSSR count). The smallest absolute Gasteiger partial charge is 0.330 e. The zero-order valence-electron chi connectivity index (χ0n) is 18.8. The Morgan fingerprint density at radius 2 is 1.82 bits per heavy atom. The maximum absolute atomic E-state index is 13.2. The zero-order valence-corrected chi connectivity index (χ0v) is 19.7. The Kier molecular flexibility index (Phi) is 8.37. The number of hydrogen-bond donors (Lipinski definition) is 3. The molecule has 3 aromatic rings. The van der Waals surface area contributed by atoms with E-state index in [1.165, 1.54) is 9.47 Å². The molecule has 0 bridgehead atoms. The fourth-order valence-corrected chi connectivity index (χ4v) is 4.07. The molecular formula is C24H29N5O3S. The lowest BCUT2D eigenvalue weighted by atomic mass is 10.2. The summed E-state index contributed by atoms with van der Waals surface area (Å²) in [6, 6.07) is 17.0. The van der Waals surface area contributed by atoms with E-state index in [0.717, 1.165) is 22.6 Å². The van der Waals surface area contributed by atoms with Crippen molar-refractivity contribution >= 4 is 34.9 Å². The van der Waals surface area contributed by atoms with Gasteiger partial charge in [0.1, 0.15) is 5.82 Å². The maximum Gasteiger partial charge on any atom is 0.330 e. The summed E-state index contributed by atoms with van der Waals surface area (Å²) in [5.74, 6) is -0.331. The number of para-hydroxylation sites is 1. The molecule has 2 aromatic carbocycles. The molecule has 33 heavy (non-hydrogen) atoms. The predicted octanol–water partition coefficient (Wildman–Crippen LogP) is 3.13. The number of nitrogens with two attached hydrogens (primary N) is 1. The molecule has 4 N–H and O–H groups in total. The number of anilines is 3. The van der Waals surface area contributed by atoms with Gasteiger partial charge in [-0.25, -0.2) is 4.79 Å². The van der Waals surface area contributed by atoms with E-state index < -0.39 is 11.2 Å². The van der Waals surface area contributed by atoms with Crippen LogP contribution in [-0.2, 0) is 11.3 Å². The van der Waals surface area contributed by atoms with Gasteiger partial charge >= 0.3 is 5.69 Å². The second-order valence-electron chi connectivity index (χ2n) is 7.52. The Bertz CT molecular complexity index is 1210. The third-order valence-electron chi connectivity index (χ3n) is 5.24. The van der Waals surface area contributed by atoms with Gasteiger partial charge in [-0.15, -0.1) is 11.8 Å². The number of thioether (sulfide) groups is 1. The molecule has 174 valence electrons. The molecule has 0 atom stereocenters. The lowest BCUT2D eigenvalue weighted by Gasteiger charge is -2.25. The highest BCUT2D eigenvalue weighted by atomic mass is 32.2. The number of carbonyl (C=O) groups excluding carboxylic acids is 1. The van der Waals surface area contributed by atoms with E-state index in [4.69, 9.17) is 5.73 Å². The molecule has 0 unspecified atom stereocenters. The monoisotopic (exact) mass is 467 g/mol. The third-order valence-corrected chi connectivity index (χ3v) is 6.04. The van der Waals surface area contributed by atoms with Gasteiger partial charge < -0.3 is 16.0 Å². The van der Waals surface area contributed by atoms with E-state index in [9.17, 15) is 14.4 Å². The largest absolute Gasteiger partial charge is 0.383 e. The van der Waals surface area contributed by atoms with Gasteiger partial charge in [-0.2, -0.15) is 0 Å². The quantitative estimate of drug-likeness (QED) is 0.395. The number of aromatic amines is 1. The molecule has 0 fully saturated rings. The van der Waals surface area contributed by atoms with E-state index in [1.807, 2.05) is 67.8 Å². The van der Waals surface area contributed by atoms with Crippen molar-refractivity contribution in [1.82, 2.24) is 9.55 Å². The van der Waals surface area contributed by atoms with Crippen LogP contribution in [0.5, 0.6) is 0 Å². The van der Waals surface area contributed by atoms with E-state index in [2.05, 4.69) is 10.3 Å².